The van der Waals surface area contributed by atoms with Gasteiger partial charge in [-0.05, 0) is 33.6 Å². The lowest BCUT2D eigenvalue weighted by atomic mass is 10.0. The number of carbonyl (C=O) groups is 2. The molecule has 2 N–H and O–H groups in total. The predicted octanol–water partition coefficient (Wildman–Crippen LogP) is 3.21. The normalized spacial score (nSPS) is 15.4. The number of hydrogen-bond acceptors (Lipinski definition) is 4. The van der Waals surface area contributed by atoms with Gasteiger partial charge in [0.1, 0.15) is 5.60 Å². The number of aromatic nitrogens is 2. The molecule has 0 bridgehead atoms. The van der Waals surface area contributed by atoms with Gasteiger partial charge < -0.3 is 15.0 Å². The second kappa shape index (κ2) is 7.82. The average molecular weight is 370 g/mol. The molecule has 0 radical (unpaired) electrons. The Kier molecular flexibility index (Phi) is 5.48. The molecule has 0 aliphatic carbocycles. The molecule has 7 heteroatoms. The van der Waals surface area contributed by atoms with Crippen molar-refractivity contribution in [2.24, 2.45) is 0 Å². The molecule has 1 fully saturated rings. The number of H-pyrrole nitrogens is 1. The molecule has 0 unspecified atom stereocenters. The van der Waals surface area contributed by atoms with Crippen LogP contribution in [0.3, 0.4) is 0 Å². The van der Waals surface area contributed by atoms with Crippen molar-refractivity contribution in [2.45, 2.75) is 45.3 Å². The molecule has 2 aromatic rings. The van der Waals surface area contributed by atoms with Gasteiger partial charge in [0.25, 0.3) is 5.91 Å². The van der Waals surface area contributed by atoms with Gasteiger partial charge in [-0.25, -0.2) is 4.79 Å². The zero-order valence-electron chi connectivity index (χ0n) is 16.0. The number of ether oxygens (including phenoxy) is 1. The van der Waals surface area contributed by atoms with Crippen LogP contribution in [0.4, 0.5) is 4.79 Å². The van der Waals surface area contributed by atoms with Crippen molar-refractivity contribution < 1.29 is 14.3 Å². The highest BCUT2D eigenvalue weighted by Gasteiger charge is 2.28. The van der Waals surface area contributed by atoms with Gasteiger partial charge >= 0.3 is 6.09 Å². The van der Waals surface area contributed by atoms with Gasteiger partial charge in [-0.15, -0.1) is 0 Å². The number of hydrogen-bond donors (Lipinski definition) is 2. The molecule has 0 atom stereocenters. The van der Waals surface area contributed by atoms with E-state index in [-0.39, 0.29) is 18.0 Å². The van der Waals surface area contributed by atoms with Crippen LogP contribution < -0.4 is 5.32 Å². The fourth-order valence-electron chi connectivity index (χ4n) is 3.08. The van der Waals surface area contributed by atoms with Crippen LogP contribution in [0.2, 0.25) is 0 Å². The second-order valence-electron chi connectivity index (χ2n) is 7.74. The summed E-state index contributed by atoms with van der Waals surface area (Å²) in [6, 6.07) is 9.66. The van der Waals surface area contributed by atoms with E-state index in [4.69, 9.17) is 4.74 Å². The first-order valence-corrected chi connectivity index (χ1v) is 9.21. The first kappa shape index (κ1) is 18.9. The maximum Gasteiger partial charge on any atom is 0.410 e. The highest BCUT2D eigenvalue weighted by molar-refractivity contribution is 5.99. The van der Waals surface area contributed by atoms with Crippen LogP contribution in [0.15, 0.2) is 36.5 Å². The highest BCUT2D eigenvalue weighted by Crippen LogP contribution is 2.21. The largest absolute Gasteiger partial charge is 0.444 e. The second-order valence-corrected chi connectivity index (χ2v) is 7.74. The molecule has 3 rings (SSSR count). The summed E-state index contributed by atoms with van der Waals surface area (Å²) < 4.78 is 5.40. The Balaban J connectivity index is 1.57. The predicted molar refractivity (Wildman–Crippen MR) is 102 cm³/mol. The Bertz CT molecular complexity index is 787. The van der Waals surface area contributed by atoms with Crippen LogP contribution in [0, 0.1) is 0 Å². The van der Waals surface area contributed by atoms with Crippen molar-refractivity contribution in [3.05, 3.63) is 42.1 Å². The quantitative estimate of drug-likeness (QED) is 0.868. The lowest BCUT2D eigenvalue weighted by Gasteiger charge is -2.33. The number of piperidine rings is 1. The minimum atomic E-state index is -0.503. The lowest BCUT2D eigenvalue weighted by Crippen LogP contribution is -2.47. The van der Waals surface area contributed by atoms with Crippen molar-refractivity contribution in [3.8, 4) is 11.3 Å². The first-order valence-electron chi connectivity index (χ1n) is 9.21. The number of amides is 2. The van der Waals surface area contributed by atoms with Crippen LogP contribution in [0.1, 0.15) is 44.0 Å². The molecule has 7 nitrogen and oxygen atoms in total. The third kappa shape index (κ3) is 4.87. The van der Waals surface area contributed by atoms with Crippen molar-refractivity contribution >= 4 is 12.0 Å². The molecular formula is C20H26N4O3. The van der Waals surface area contributed by atoms with Gasteiger partial charge in [0.2, 0.25) is 0 Å². The average Bonchev–Trinajstić information content (AvgIpc) is 3.11. The number of rotatable bonds is 3. The molecule has 1 aliphatic heterocycles. The van der Waals surface area contributed by atoms with Gasteiger partial charge in [0.15, 0.2) is 0 Å². The molecule has 144 valence electrons. The first-order chi connectivity index (χ1) is 12.8. The Hall–Kier alpha value is -2.83. The number of nitrogens with one attached hydrogen (secondary N) is 2. The van der Waals surface area contributed by atoms with Crippen molar-refractivity contribution in [1.29, 1.82) is 0 Å². The number of aromatic amines is 1. The number of nitrogens with zero attached hydrogens (tertiary/aromatic N) is 2. The van der Waals surface area contributed by atoms with Crippen molar-refractivity contribution in [1.82, 2.24) is 20.4 Å². The molecule has 1 aromatic heterocycles. The van der Waals surface area contributed by atoms with E-state index in [1.54, 1.807) is 11.1 Å². The molecule has 2 amide bonds. The number of likely N-dealkylation sites (tertiary alicyclic amines) is 1. The molecular weight excluding hydrogens is 344 g/mol. The van der Waals surface area contributed by atoms with Crippen LogP contribution in [-0.2, 0) is 4.74 Å². The van der Waals surface area contributed by atoms with Crippen LogP contribution in [0.25, 0.3) is 11.3 Å². The maximum absolute atomic E-state index is 12.7. The van der Waals surface area contributed by atoms with E-state index in [0.717, 1.165) is 5.56 Å². The standard InChI is InChI=1S/C20H26N4O3/c1-20(2,3)27-19(26)24-11-9-15(10-12-24)22-18(25)16-13-21-23-17(16)14-7-5-4-6-8-14/h4-8,13,15H,9-12H2,1-3H3,(H,21,23)(H,22,25). The summed E-state index contributed by atoms with van der Waals surface area (Å²) >= 11 is 0. The summed E-state index contributed by atoms with van der Waals surface area (Å²) in [5.74, 6) is -0.154. The maximum atomic E-state index is 12.7. The summed E-state index contributed by atoms with van der Waals surface area (Å²) in [4.78, 5) is 26.5. The highest BCUT2D eigenvalue weighted by atomic mass is 16.6. The van der Waals surface area contributed by atoms with Crippen molar-refractivity contribution in [2.75, 3.05) is 13.1 Å². The third-order valence-corrected chi connectivity index (χ3v) is 4.43. The van der Waals surface area contributed by atoms with E-state index in [2.05, 4.69) is 15.5 Å². The van der Waals surface area contributed by atoms with E-state index in [0.29, 0.717) is 37.2 Å². The molecule has 1 saturated heterocycles. The molecule has 2 heterocycles. The van der Waals surface area contributed by atoms with E-state index >= 15 is 0 Å². The van der Waals surface area contributed by atoms with E-state index in [1.165, 1.54) is 0 Å². The van der Waals surface area contributed by atoms with E-state index in [9.17, 15) is 9.59 Å². The Morgan fingerprint density at radius 2 is 1.85 bits per heavy atom. The monoisotopic (exact) mass is 370 g/mol. The molecule has 1 aromatic carbocycles. The summed E-state index contributed by atoms with van der Waals surface area (Å²) in [6.07, 6.45) is 2.65. The molecule has 0 saturated carbocycles. The summed E-state index contributed by atoms with van der Waals surface area (Å²) in [5.41, 5.74) is 1.65. The van der Waals surface area contributed by atoms with Gasteiger partial charge in [-0.1, -0.05) is 30.3 Å². The van der Waals surface area contributed by atoms with Gasteiger partial charge in [0.05, 0.1) is 17.5 Å². The minimum Gasteiger partial charge on any atom is -0.444 e. The zero-order valence-corrected chi connectivity index (χ0v) is 16.0. The molecule has 27 heavy (non-hydrogen) atoms. The smallest absolute Gasteiger partial charge is 0.410 e. The lowest BCUT2D eigenvalue weighted by molar-refractivity contribution is 0.0199. The summed E-state index contributed by atoms with van der Waals surface area (Å²) in [6.45, 7) is 6.70. The SMILES string of the molecule is CC(C)(C)OC(=O)N1CCC(NC(=O)c2cn[nH]c2-c2ccccc2)CC1. The molecule has 1 aliphatic rings. The topological polar surface area (TPSA) is 87.3 Å². The summed E-state index contributed by atoms with van der Waals surface area (Å²) in [7, 11) is 0. The fraction of sp³-hybridized carbons (Fsp3) is 0.450. The van der Waals surface area contributed by atoms with Crippen molar-refractivity contribution in [3.63, 3.8) is 0 Å². The van der Waals surface area contributed by atoms with Crippen LogP contribution in [0.5, 0.6) is 0 Å². The number of benzene rings is 1. The third-order valence-electron chi connectivity index (χ3n) is 4.43. The fourth-order valence-corrected chi connectivity index (χ4v) is 3.08. The van der Waals surface area contributed by atoms with Gasteiger partial charge in [-0.2, -0.15) is 5.10 Å². The van der Waals surface area contributed by atoms with Gasteiger partial charge in [0, 0.05) is 24.7 Å². The number of carbonyl (C=O) groups excluding carboxylic acids is 2. The Morgan fingerprint density at radius 3 is 2.48 bits per heavy atom. The minimum absolute atomic E-state index is 0.0229. The van der Waals surface area contributed by atoms with Crippen LogP contribution >= 0.6 is 0 Å². The molecule has 0 spiro atoms. The zero-order chi connectivity index (χ0) is 19.4. The Morgan fingerprint density at radius 1 is 1.19 bits per heavy atom. The van der Waals surface area contributed by atoms with Gasteiger partial charge in [-0.3, -0.25) is 9.89 Å². The Labute approximate surface area is 159 Å². The van der Waals surface area contributed by atoms with E-state index < -0.39 is 5.60 Å². The summed E-state index contributed by atoms with van der Waals surface area (Å²) in [5, 5.41) is 9.99. The van der Waals surface area contributed by atoms with Crippen LogP contribution in [-0.4, -0.2) is 51.8 Å². The van der Waals surface area contributed by atoms with E-state index in [1.807, 2.05) is 51.1 Å².